The lowest BCUT2D eigenvalue weighted by Crippen LogP contribution is -2.45. The lowest BCUT2D eigenvalue weighted by Gasteiger charge is -2.32. The molecule has 1 atom stereocenters. The predicted octanol–water partition coefficient (Wildman–Crippen LogP) is 2.16. The van der Waals surface area contributed by atoms with E-state index in [1.54, 1.807) is 7.11 Å². The van der Waals surface area contributed by atoms with Crippen LogP contribution in [-0.4, -0.2) is 51.5 Å². The summed E-state index contributed by atoms with van der Waals surface area (Å²) in [5.74, 6) is -0.171. The number of ether oxygens (including phenoxy) is 1. The Balaban J connectivity index is 2.06. The number of rotatable bonds is 6. The maximum absolute atomic E-state index is 13.1. The van der Waals surface area contributed by atoms with Gasteiger partial charge >= 0.3 is 0 Å². The molecule has 1 N–H and O–H groups in total. The molecule has 1 aliphatic heterocycles. The van der Waals surface area contributed by atoms with Crippen LogP contribution < -0.4 is 5.32 Å². The van der Waals surface area contributed by atoms with Gasteiger partial charge < -0.3 is 10.1 Å². The Kier molecular flexibility index (Phi) is 6.82. The minimum absolute atomic E-state index is 0.0192. The van der Waals surface area contributed by atoms with Crippen LogP contribution in [0.15, 0.2) is 17.0 Å². The fourth-order valence-corrected chi connectivity index (χ4v) is 5.59. The summed E-state index contributed by atoms with van der Waals surface area (Å²) in [5.41, 5.74) is 2.60. The van der Waals surface area contributed by atoms with Gasteiger partial charge in [0.2, 0.25) is 15.9 Å². The maximum atomic E-state index is 13.1. The number of hydrogen-bond donors (Lipinski definition) is 1. The Hall–Kier alpha value is -1.44. The average Bonchev–Trinajstić information content (AvgIpc) is 2.53. The molecule has 1 aromatic carbocycles. The summed E-state index contributed by atoms with van der Waals surface area (Å²) in [6.45, 7) is 8.73. The molecule has 26 heavy (non-hydrogen) atoms. The molecule has 7 heteroatoms. The number of methoxy groups -OCH3 is 1. The van der Waals surface area contributed by atoms with Gasteiger partial charge in [-0.05, 0) is 51.7 Å². The van der Waals surface area contributed by atoms with E-state index in [-0.39, 0.29) is 17.9 Å². The molecule has 146 valence electrons. The van der Waals surface area contributed by atoms with E-state index in [4.69, 9.17) is 4.74 Å². The van der Waals surface area contributed by atoms with Crippen molar-refractivity contribution in [2.24, 2.45) is 5.92 Å². The molecule has 0 radical (unpaired) electrons. The summed E-state index contributed by atoms with van der Waals surface area (Å²) in [4.78, 5) is 12.7. The van der Waals surface area contributed by atoms with E-state index in [0.29, 0.717) is 37.4 Å². The van der Waals surface area contributed by atoms with Crippen molar-refractivity contribution in [2.75, 3.05) is 26.8 Å². The van der Waals surface area contributed by atoms with E-state index < -0.39 is 10.0 Å². The van der Waals surface area contributed by atoms with Crippen molar-refractivity contribution in [3.8, 4) is 0 Å². The van der Waals surface area contributed by atoms with Gasteiger partial charge in [-0.3, -0.25) is 4.79 Å². The summed E-state index contributed by atoms with van der Waals surface area (Å²) >= 11 is 0. The van der Waals surface area contributed by atoms with Crippen LogP contribution in [0.1, 0.15) is 36.5 Å². The first-order chi connectivity index (χ1) is 12.2. The molecule has 6 nitrogen and oxygen atoms in total. The monoisotopic (exact) mass is 382 g/mol. The van der Waals surface area contributed by atoms with Crippen LogP contribution in [-0.2, 0) is 19.6 Å². The Morgan fingerprint density at radius 2 is 1.77 bits per heavy atom. The van der Waals surface area contributed by atoms with Gasteiger partial charge in [0.25, 0.3) is 0 Å². The Morgan fingerprint density at radius 1 is 1.23 bits per heavy atom. The van der Waals surface area contributed by atoms with Crippen molar-refractivity contribution in [1.29, 1.82) is 0 Å². The first-order valence-corrected chi connectivity index (χ1v) is 10.5. The number of amides is 1. The smallest absolute Gasteiger partial charge is 0.243 e. The second kappa shape index (κ2) is 8.50. The van der Waals surface area contributed by atoms with E-state index in [2.05, 4.69) is 5.32 Å². The minimum atomic E-state index is -3.54. The van der Waals surface area contributed by atoms with Gasteiger partial charge in [0.15, 0.2) is 0 Å². The van der Waals surface area contributed by atoms with E-state index in [0.717, 1.165) is 16.7 Å². The summed E-state index contributed by atoms with van der Waals surface area (Å²) < 4.78 is 32.7. The first-order valence-electron chi connectivity index (χ1n) is 9.04. The zero-order valence-electron chi connectivity index (χ0n) is 16.3. The van der Waals surface area contributed by atoms with Crippen molar-refractivity contribution in [3.63, 3.8) is 0 Å². The third-order valence-electron chi connectivity index (χ3n) is 4.83. The largest absolute Gasteiger partial charge is 0.383 e. The number of carbonyl (C=O) groups is 1. The molecule has 1 aliphatic rings. The number of piperidine rings is 1. The highest BCUT2D eigenvalue weighted by Crippen LogP contribution is 2.28. The topological polar surface area (TPSA) is 75.7 Å². The highest BCUT2D eigenvalue weighted by molar-refractivity contribution is 7.89. The number of sulfonamides is 1. The van der Waals surface area contributed by atoms with E-state index in [1.807, 2.05) is 39.8 Å². The SMILES string of the molecule is COC[C@@H](C)NC(=O)C1CCN(S(=O)(=O)c2c(C)cc(C)cc2C)CC1. The Bertz CT molecular complexity index is 730. The van der Waals surface area contributed by atoms with Crippen molar-refractivity contribution in [2.45, 2.75) is 51.5 Å². The number of hydrogen-bond acceptors (Lipinski definition) is 4. The summed E-state index contributed by atoms with van der Waals surface area (Å²) in [5, 5.41) is 2.93. The van der Waals surface area contributed by atoms with Gasteiger partial charge in [0, 0.05) is 32.2 Å². The number of aryl methyl sites for hydroxylation is 3. The molecule has 1 amide bonds. The van der Waals surface area contributed by atoms with Gasteiger partial charge in [-0.15, -0.1) is 0 Å². The number of nitrogens with zero attached hydrogens (tertiary/aromatic N) is 1. The first kappa shape index (κ1) is 20.9. The lowest BCUT2D eigenvalue weighted by molar-refractivity contribution is -0.127. The predicted molar refractivity (Wildman–Crippen MR) is 102 cm³/mol. The number of benzene rings is 1. The van der Waals surface area contributed by atoms with Crippen molar-refractivity contribution in [3.05, 3.63) is 28.8 Å². The van der Waals surface area contributed by atoms with Gasteiger partial charge in [0.05, 0.1) is 11.5 Å². The lowest BCUT2D eigenvalue weighted by atomic mass is 9.97. The van der Waals surface area contributed by atoms with Crippen molar-refractivity contribution >= 4 is 15.9 Å². The standard InChI is InChI=1S/C19H30N2O4S/c1-13-10-14(2)18(15(3)11-13)26(23,24)21-8-6-17(7-9-21)19(22)20-16(4)12-25-5/h10-11,16-17H,6-9,12H2,1-5H3,(H,20,22)/t16-/m1/s1. The molecular weight excluding hydrogens is 352 g/mol. The van der Waals surface area contributed by atoms with Gasteiger partial charge in [0.1, 0.15) is 0 Å². The maximum Gasteiger partial charge on any atom is 0.243 e. The van der Waals surface area contributed by atoms with Gasteiger partial charge in [-0.2, -0.15) is 4.31 Å². The minimum Gasteiger partial charge on any atom is -0.383 e. The van der Waals surface area contributed by atoms with Gasteiger partial charge in [-0.25, -0.2) is 8.42 Å². The van der Waals surface area contributed by atoms with Crippen LogP contribution in [0.4, 0.5) is 0 Å². The molecule has 0 spiro atoms. The van der Waals surface area contributed by atoms with Crippen molar-refractivity contribution < 1.29 is 17.9 Å². The zero-order chi connectivity index (χ0) is 19.5. The third-order valence-corrected chi connectivity index (χ3v) is 7.04. The van der Waals surface area contributed by atoms with Crippen LogP contribution in [0, 0.1) is 26.7 Å². The zero-order valence-corrected chi connectivity index (χ0v) is 17.1. The highest BCUT2D eigenvalue weighted by Gasteiger charge is 2.33. The van der Waals surface area contributed by atoms with Crippen molar-refractivity contribution in [1.82, 2.24) is 9.62 Å². The van der Waals surface area contributed by atoms with Crippen LogP contribution in [0.5, 0.6) is 0 Å². The fourth-order valence-electron chi connectivity index (χ4n) is 3.71. The molecule has 1 fully saturated rings. The van der Waals surface area contributed by atoms with E-state index >= 15 is 0 Å². The molecule has 1 aromatic rings. The molecule has 1 heterocycles. The molecule has 2 rings (SSSR count). The normalized spacial score (nSPS) is 17.9. The fraction of sp³-hybridized carbons (Fsp3) is 0.632. The quantitative estimate of drug-likeness (QED) is 0.818. The number of carbonyl (C=O) groups excluding carboxylic acids is 1. The molecule has 0 saturated carbocycles. The second-order valence-corrected chi connectivity index (χ2v) is 9.15. The molecule has 0 unspecified atom stereocenters. The van der Waals surface area contributed by atoms with Crippen LogP contribution in [0.25, 0.3) is 0 Å². The second-order valence-electron chi connectivity index (χ2n) is 7.27. The van der Waals surface area contributed by atoms with Crippen LogP contribution in [0.3, 0.4) is 0 Å². The van der Waals surface area contributed by atoms with Crippen LogP contribution in [0.2, 0.25) is 0 Å². The third kappa shape index (κ3) is 4.64. The van der Waals surface area contributed by atoms with E-state index in [1.165, 1.54) is 4.31 Å². The van der Waals surface area contributed by atoms with Gasteiger partial charge in [-0.1, -0.05) is 17.7 Å². The Morgan fingerprint density at radius 3 is 2.27 bits per heavy atom. The van der Waals surface area contributed by atoms with E-state index in [9.17, 15) is 13.2 Å². The average molecular weight is 383 g/mol. The Labute approximate surface area is 157 Å². The number of nitrogens with one attached hydrogen (secondary N) is 1. The highest BCUT2D eigenvalue weighted by atomic mass is 32.2. The summed E-state index contributed by atoms with van der Waals surface area (Å²) in [6, 6.07) is 3.75. The van der Waals surface area contributed by atoms with Crippen LogP contribution >= 0.6 is 0 Å². The molecule has 1 saturated heterocycles. The molecule has 0 aromatic heterocycles. The molecule has 0 aliphatic carbocycles. The summed E-state index contributed by atoms with van der Waals surface area (Å²) in [6.07, 6.45) is 1.07. The summed E-state index contributed by atoms with van der Waals surface area (Å²) in [7, 11) is -1.94. The molecule has 0 bridgehead atoms. The molecular formula is C19H30N2O4S.